The summed E-state index contributed by atoms with van der Waals surface area (Å²) < 4.78 is 5.69. The maximum absolute atomic E-state index is 12.2. The molecule has 172 valence electrons. The lowest BCUT2D eigenvalue weighted by Crippen LogP contribution is -2.18. The van der Waals surface area contributed by atoms with Crippen molar-refractivity contribution in [1.29, 1.82) is 0 Å². The van der Waals surface area contributed by atoms with Crippen LogP contribution in [0.25, 0.3) is 5.57 Å². The second-order valence-electron chi connectivity index (χ2n) is 5.62. The molecule has 2 nitrogen and oxygen atoms in total. The first kappa shape index (κ1) is 34.9. The Kier molecular flexibility index (Phi) is 31.8. The van der Waals surface area contributed by atoms with Gasteiger partial charge in [0.1, 0.15) is 5.75 Å². The van der Waals surface area contributed by atoms with Gasteiger partial charge < -0.3 is 4.74 Å². The molecule has 1 atom stereocenters. The second-order valence-corrected chi connectivity index (χ2v) is 5.62. The lowest BCUT2D eigenvalue weighted by molar-refractivity contribution is -0.138. The molecule has 1 unspecified atom stereocenters. The van der Waals surface area contributed by atoms with Crippen LogP contribution in [0.5, 0.6) is 5.75 Å². The number of carbonyl (C=O) groups excluding carboxylic acids is 1. The summed E-state index contributed by atoms with van der Waals surface area (Å²) >= 11 is 0. The monoisotopic (exact) mass is 408 g/mol. The molecule has 2 heteroatoms. The molecule has 0 N–H and O–H groups in total. The van der Waals surface area contributed by atoms with Crippen molar-refractivity contribution < 1.29 is 9.53 Å². The quantitative estimate of drug-likeness (QED) is 0.331. The van der Waals surface area contributed by atoms with Crippen LogP contribution in [0.3, 0.4) is 0 Å². The highest BCUT2D eigenvalue weighted by Crippen LogP contribution is 2.32. The Hall–Kier alpha value is -1.57. The van der Waals surface area contributed by atoms with Crippen molar-refractivity contribution in [2.45, 2.75) is 116 Å². The average molecular weight is 409 g/mol. The molecule has 0 saturated heterocycles. The topological polar surface area (TPSA) is 26.3 Å². The Bertz CT molecular complexity index is 501. The summed E-state index contributed by atoms with van der Waals surface area (Å²) in [5.74, 6) is 0.517. The van der Waals surface area contributed by atoms with E-state index in [4.69, 9.17) is 4.74 Å². The van der Waals surface area contributed by atoms with Crippen molar-refractivity contribution in [3.05, 3.63) is 35.4 Å². The molecule has 0 radical (unpaired) electrons. The molecule has 0 aliphatic carbocycles. The van der Waals surface area contributed by atoms with Gasteiger partial charge in [-0.15, -0.1) is 0 Å². The van der Waals surface area contributed by atoms with E-state index in [1.807, 2.05) is 81.4 Å². The van der Waals surface area contributed by atoms with Crippen LogP contribution in [-0.2, 0) is 4.79 Å². The fraction of sp³-hybridized carbons (Fsp3) is 0.667. The Labute approximate surface area is 184 Å². The van der Waals surface area contributed by atoms with Crippen molar-refractivity contribution in [2.75, 3.05) is 0 Å². The van der Waals surface area contributed by atoms with Gasteiger partial charge >= 0.3 is 5.97 Å². The molecule has 0 aliphatic heterocycles. The zero-order chi connectivity index (χ0) is 23.8. The largest absolute Gasteiger partial charge is 0.426 e. The summed E-state index contributed by atoms with van der Waals surface area (Å²) in [6, 6.07) is 5.92. The smallest absolute Gasteiger partial charge is 0.314 e. The van der Waals surface area contributed by atoms with Gasteiger partial charge in [-0.25, -0.2) is 0 Å². The van der Waals surface area contributed by atoms with Crippen LogP contribution < -0.4 is 4.74 Å². The zero-order valence-electron chi connectivity index (χ0n) is 22.0. The zero-order valence-corrected chi connectivity index (χ0v) is 22.0. The minimum atomic E-state index is -0.129. The normalized spacial score (nSPS) is 10.3. The Balaban J connectivity index is -0.000000347. The number of aryl methyl sites for hydroxylation is 1. The van der Waals surface area contributed by atoms with Crippen LogP contribution in [0.1, 0.15) is 120 Å². The van der Waals surface area contributed by atoms with E-state index in [1.54, 1.807) is 0 Å². The molecule has 0 spiro atoms. The lowest BCUT2D eigenvalue weighted by atomic mass is 9.96. The lowest BCUT2D eigenvalue weighted by Gasteiger charge is -2.17. The summed E-state index contributed by atoms with van der Waals surface area (Å²) in [6.45, 7) is 26.3. The Morgan fingerprint density at radius 1 is 0.966 bits per heavy atom. The molecular weight excluding hydrogens is 356 g/mol. The molecule has 0 saturated carbocycles. The minimum absolute atomic E-state index is 0.0522. The highest BCUT2D eigenvalue weighted by molar-refractivity contribution is 5.79. The fourth-order valence-electron chi connectivity index (χ4n) is 2.58. The van der Waals surface area contributed by atoms with E-state index in [0.717, 1.165) is 36.8 Å². The maximum Gasteiger partial charge on any atom is 0.314 e. The molecule has 1 aromatic carbocycles. The third-order valence-corrected chi connectivity index (χ3v) is 3.76. The van der Waals surface area contributed by atoms with Crippen LogP contribution in [0.15, 0.2) is 24.3 Å². The van der Waals surface area contributed by atoms with E-state index in [2.05, 4.69) is 32.9 Å². The van der Waals surface area contributed by atoms with Gasteiger partial charge in [0, 0.05) is 5.56 Å². The van der Waals surface area contributed by atoms with Gasteiger partial charge in [-0.2, -0.15) is 0 Å². The van der Waals surface area contributed by atoms with Crippen molar-refractivity contribution in [1.82, 2.24) is 0 Å². The first-order valence-corrected chi connectivity index (χ1v) is 12.0. The van der Waals surface area contributed by atoms with Gasteiger partial charge in [-0.05, 0) is 43.9 Å². The van der Waals surface area contributed by atoms with Gasteiger partial charge in [0.25, 0.3) is 0 Å². The summed E-state index contributed by atoms with van der Waals surface area (Å²) in [6.07, 6.45) is 6.06. The SMILES string of the molecule is C/C=C(/CCC)c1c(C)cccc1OC(=O)C(C)CCC.CC.CC.CC.CC. The molecule has 29 heavy (non-hydrogen) atoms. The van der Waals surface area contributed by atoms with Crippen LogP contribution >= 0.6 is 0 Å². The van der Waals surface area contributed by atoms with Crippen LogP contribution in [-0.4, -0.2) is 5.97 Å². The number of hydrogen-bond acceptors (Lipinski definition) is 2. The van der Waals surface area contributed by atoms with Crippen molar-refractivity contribution >= 4 is 11.5 Å². The van der Waals surface area contributed by atoms with Gasteiger partial charge in [0.05, 0.1) is 5.92 Å². The van der Waals surface area contributed by atoms with E-state index in [9.17, 15) is 4.79 Å². The summed E-state index contributed by atoms with van der Waals surface area (Å²) in [7, 11) is 0. The predicted octanol–water partition coefficient (Wildman–Crippen LogP) is 9.64. The van der Waals surface area contributed by atoms with Crippen molar-refractivity contribution in [3.8, 4) is 5.75 Å². The fourth-order valence-corrected chi connectivity index (χ4v) is 2.58. The Morgan fingerprint density at radius 2 is 1.48 bits per heavy atom. The number of ether oxygens (including phenoxy) is 1. The highest BCUT2D eigenvalue weighted by atomic mass is 16.5. The standard InChI is InChI=1S/C19H28O2.4C2H6/c1-6-10-15(5)19(20)21-17-13-9-12-14(4)18(17)16(8-3)11-7-2;4*1-2/h8-9,12-13,15H,6-7,10-11H2,1-5H3;4*1-2H3/b16-8-;;;;. The molecule has 1 rings (SSSR count). The molecular formula is C27H52O2. The predicted molar refractivity (Wildman–Crippen MR) is 135 cm³/mol. The maximum atomic E-state index is 12.2. The molecule has 0 heterocycles. The van der Waals surface area contributed by atoms with Crippen LogP contribution in [0.4, 0.5) is 0 Å². The molecule has 0 aromatic heterocycles. The van der Waals surface area contributed by atoms with E-state index in [0.29, 0.717) is 5.75 Å². The molecule has 1 aromatic rings. The second kappa shape index (κ2) is 26.4. The van der Waals surface area contributed by atoms with Crippen LogP contribution in [0.2, 0.25) is 0 Å². The van der Waals surface area contributed by atoms with Gasteiger partial charge in [0.15, 0.2) is 0 Å². The van der Waals surface area contributed by atoms with Gasteiger partial charge in [0.2, 0.25) is 0 Å². The highest BCUT2D eigenvalue weighted by Gasteiger charge is 2.18. The summed E-state index contributed by atoms with van der Waals surface area (Å²) in [4.78, 5) is 12.2. The molecule has 0 fully saturated rings. The number of rotatable bonds is 7. The van der Waals surface area contributed by atoms with Gasteiger partial charge in [-0.1, -0.05) is 107 Å². The number of hydrogen-bond donors (Lipinski definition) is 0. The first-order chi connectivity index (χ1) is 14.0. The minimum Gasteiger partial charge on any atom is -0.426 e. The molecule has 0 bridgehead atoms. The third-order valence-electron chi connectivity index (χ3n) is 3.76. The molecule has 0 amide bonds. The van der Waals surface area contributed by atoms with Crippen molar-refractivity contribution in [2.24, 2.45) is 5.92 Å². The number of esters is 1. The first-order valence-electron chi connectivity index (χ1n) is 12.0. The van der Waals surface area contributed by atoms with E-state index in [-0.39, 0.29) is 11.9 Å². The molecule has 0 aliphatic rings. The van der Waals surface area contributed by atoms with Gasteiger partial charge in [-0.3, -0.25) is 4.79 Å². The average Bonchev–Trinajstić information content (AvgIpc) is 2.78. The summed E-state index contributed by atoms with van der Waals surface area (Å²) in [5.41, 5.74) is 3.49. The Morgan fingerprint density at radius 3 is 1.90 bits per heavy atom. The van der Waals surface area contributed by atoms with E-state index >= 15 is 0 Å². The number of allylic oxidation sites excluding steroid dienone is 2. The van der Waals surface area contributed by atoms with Crippen LogP contribution in [0, 0.1) is 12.8 Å². The number of benzene rings is 1. The van der Waals surface area contributed by atoms with Crippen molar-refractivity contribution in [3.63, 3.8) is 0 Å². The number of carbonyl (C=O) groups is 1. The van der Waals surface area contributed by atoms with E-state index < -0.39 is 0 Å². The summed E-state index contributed by atoms with van der Waals surface area (Å²) in [5, 5.41) is 0. The van der Waals surface area contributed by atoms with E-state index in [1.165, 1.54) is 5.57 Å². The third kappa shape index (κ3) is 15.0.